The van der Waals surface area contributed by atoms with Gasteiger partial charge >= 0.3 is 11.9 Å². The molecule has 0 saturated carbocycles. The van der Waals surface area contributed by atoms with Gasteiger partial charge in [-0.05, 0) is 85.3 Å². The first-order valence-electron chi connectivity index (χ1n) is 20.4. The van der Waals surface area contributed by atoms with Gasteiger partial charge in [0.15, 0.2) is 17.7 Å². The van der Waals surface area contributed by atoms with Gasteiger partial charge in [-0.15, -0.1) is 11.3 Å². The number of carbonyl (C=O) groups is 4. The molecule has 4 fully saturated rings. The highest BCUT2D eigenvalue weighted by Gasteiger charge is 2.69. The summed E-state index contributed by atoms with van der Waals surface area (Å²) in [5.74, 6) is 0.766. The number of rotatable bonds is 7. The van der Waals surface area contributed by atoms with Crippen molar-refractivity contribution in [1.82, 2.24) is 15.2 Å². The summed E-state index contributed by atoms with van der Waals surface area (Å²) in [5, 5.41) is 14.9. The highest BCUT2D eigenvalue weighted by molar-refractivity contribution is 7.16. The third-order valence-electron chi connectivity index (χ3n) is 12.9. The van der Waals surface area contributed by atoms with Gasteiger partial charge in [0.1, 0.15) is 36.6 Å². The highest BCUT2D eigenvalue weighted by atomic mass is 32.1. The lowest BCUT2D eigenvalue weighted by Crippen LogP contribution is -2.60. The largest absolute Gasteiger partial charge is 0.458 e. The SMILES string of the molecule is CC[C@@H]1OC(=O)[C@H](C)C(=O)[C@H](C)[C@@H](O[C@@H]2O[C@H](C)C[C@H](N(C)C)[C@H]2O)[C@@](C)(OCC#Cc2ccc(-c3ccccn3)s2)C[C@@H](C)C(=O)C2(C)CNC3C(=O)O[C@@]1(C)C32. The Morgan fingerprint density at radius 2 is 1.79 bits per heavy atom. The number of hydrogen-bond acceptors (Lipinski definition) is 14. The average Bonchev–Trinajstić information content (AvgIpc) is 3.89. The Kier molecular flexibility index (Phi) is 13.1. The molecular weight excluding hydrogens is 763 g/mol. The molecule has 6 heterocycles. The summed E-state index contributed by atoms with van der Waals surface area (Å²) >= 11 is 1.50. The predicted octanol–water partition coefficient (Wildman–Crippen LogP) is 4.43. The lowest BCUT2D eigenvalue weighted by atomic mass is 9.62. The zero-order chi connectivity index (χ0) is 42.3. The molecule has 0 aliphatic carbocycles. The normalized spacial score (nSPS) is 39.7. The van der Waals surface area contributed by atoms with Gasteiger partial charge < -0.3 is 39.0 Å². The van der Waals surface area contributed by atoms with Crippen LogP contribution in [0, 0.1) is 40.9 Å². The minimum atomic E-state index is -1.41. The molecule has 4 aliphatic heterocycles. The Morgan fingerprint density at radius 1 is 1.05 bits per heavy atom. The van der Waals surface area contributed by atoms with Gasteiger partial charge in [-0.1, -0.05) is 45.6 Å². The molecule has 0 bridgehead atoms. The molecule has 2 aromatic heterocycles. The molecule has 4 saturated heterocycles. The Morgan fingerprint density at radius 3 is 2.47 bits per heavy atom. The molecule has 2 aromatic rings. The van der Waals surface area contributed by atoms with Crippen LogP contribution in [0.1, 0.15) is 79.5 Å². The van der Waals surface area contributed by atoms with E-state index in [-0.39, 0.29) is 43.9 Å². The van der Waals surface area contributed by atoms with Crippen LogP contribution in [0.2, 0.25) is 0 Å². The summed E-state index contributed by atoms with van der Waals surface area (Å²) in [7, 11) is 3.74. The molecule has 13 nitrogen and oxygen atoms in total. The number of cyclic esters (lactones) is 1. The summed E-state index contributed by atoms with van der Waals surface area (Å²) in [5.41, 5.74) is -3.02. The zero-order valence-corrected chi connectivity index (χ0v) is 36.1. The molecule has 0 spiro atoms. The Hall–Kier alpha value is -3.55. The Bertz CT molecular complexity index is 1910. The maximum atomic E-state index is 15.0. The second-order valence-electron chi connectivity index (χ2n) is 17.5. The number of carbonyl (C=O) groups excluding carboxylic acids is 4. The number of aliphatic hydroxyl groups excluding tert-OH is 1. The van der Waals surface area contributed by atoms with Crippen molar-refractivity contribution in [2.75, 3.05) is 27.2 Å². The van der Waals surface area contributed by atoms with E-state index in [0.717, 1.165) is 15.4 Å². The maximum Gasteiger partial charge on any atom is 0.324 e. The minimum Gasteiger partial charge on any atom is -0.458 e. The summed E-state index contributed by atoms with van der Waals surface area (Å²) in [6.45, 7) is 14.1. The Balaban J connectivity index is 1.41. The van der Waals surface area contributed by atoms with Crippen molar-refractivity contribution in [2.24, 2.45) is 29.1 Å². The molecule has 14 atom stereocenters. The van der Waals surface area contributed by atoms with Gasteiger partial charge in [-0.25, -0.2) is 0 Å². The topological polar surface area (TPSA) is 163 Å². The number of aromatic nitrogens is 1. The fourth-order valence-corrected chi connectivity index (χ4v) is 10.8. The van der Waals surface area contributed by atoms with Crippen molar-refractivity contribution < 1.29 is 48.0 Å². The third kappa shape index (κ3) is 8.29. The number of Topliss-reactive ketones (excluding diaryl/α,β-unsaturated/α-hetero) is 2. The molecule has 0 amide bonds. The van der Waals surface area contributed by atoms with Gasteiger partial charge in [-0.2, -0.15) is 0 Å². The van der Waals surface area contributed by atoms with Gasteiger partial charge in [0.05, 0.1) is 33.3 Å². The van der Waals surface area contributed by atoms with Crippen LogP contribution in [0.3, 0.4) is 0 Å². The maximum absolute atomic E-state index is 15.0. The summed E-state index contributed by atoms with van der Waals surface area (Å²) < 4.78 is 31.9. The smallest absolute Gasteiger partial charge is 0.324 e. The van der Waals surface area contributed by atoms with E-state index in [1.807, 2.05) is 77.0 Å². The molecular formula is C44H59N3O10S. The fraction of sp³-hybridized carbons (Fsp3) is 0.659. The van der Waals surface area contributed by atoms with Crippen LogP contribution in [0.4, 0.5) is 0 Å². The summed E-state index contributed by atoms with van der Waals surface area (Å²) in [6, 6.07) is 8.50. The van der Waals surface area contributed by atoms with Crippen molar-refractivity contribution in [3.05, 3.63) is 41.4 Å². The monoisotopic (exact) mass is 821 g/mol. The van der Waals surface area contributed by atoms with Gasteiger partial charge in [-0.3, -0.25) is 24.2 Å². The van der Waals surface area contributed by atoms with E-state index in [9.17, 15) is 24.3 Å². The molecule has 0 aromatic carbocycles. The van der Waals surface area contributed by atoms with Crippen LogP contribution >= 0.6 is 11.3 Å². The van der Waals surface area contributed by atoms with Crippen LogP contribution in [0.5, 0.6) is 0 Å². The third-order valence-corrected chi connectivity index (χ3v) is 14.0. The molecule has 0 radical (unpaired) electrons. The quantitative estimate of drug-likeness (QED) is 0.230. The summed E-state index contributed by atoms with van der Waals surface area (Å²) in [6.07, 6.45) is -1.97. The number of hydrogen-bond donors (Lipinski definition) is 2. The number of nitrogens with zero attached hydrogens (tertiary/aromatic N) is 2. The number of esters is 2. The number of aliphatic hydroxyl groups is 1. The van der Waals surface area contributed by atoms with Crippen LogP contribution in [0.25, 0.3) is 10.6 Å². The van der Waals surface area contributed by atoms with E-state index in [4.69, 9.17) is 23.7 Å². The van der Waals surface area contributed by atoms with E-state index in [0.29, 0.717) is 6.42 Å². The van der Waals surface area contributed by atoms with Crippen LogP contribution < -0.4 is 5.32 Å². The van der Waals surface area contributed by atoms with Gasteiger partial charge in [0.25, 0.3) is 0 Å². The van der Waals surface area contributed by atoms with Crippen LogP contribution in [-0.4, -0.2) is 120 Å². The van der Waals surface area contributed by atoms with Crippen molar-refractivity contribution >= 4 is 34.8 Å². The second kappa shape index (κ2) is 17.2. The molecule has 316 valence electrons. The Labute approximate surface area is 345 Å². The zero-order valence-electron chi connectivity index (χ0n) is 35.3. The predicted molar refractivity (Wildman–Crippen MR) is 216 cm³/mol. The minimum absolute atomic E-state index is 0.0721. The number of pyridine rings is 1. The van der Waals surface area contributed by atoms with Crippen LogP contribution in [-0.2, 0) is 42.9 Å². The number of ketones is 2. The first kappa shape index (κ1) is 44.0. The first-order chi connectivity index (χ1) is 27.3. The van der Waals surface area contributed by atoms with E-state index >= 15 is 0 Å². The molecule has 4 aliphatic rings. The van der Waals surface area contributed by atoms with Crippen molar-refractivity contribution in [1.29, 1.82) is 0 Å². The standard InChI is InChI=1S/C44H59N3O10S/c1-11-32-44(8)36-33(40(52)57-44)46-23-42(36,6)37(50)24(2)22-43(7,53-20-14-15-28-17-18-31(58-28)29-16-12-13-19-45-29)38(26(4)34(48)27(5)39(51)55-32)56-41-35(49)30(47(9)10)21-25(3)54-41/h12-13,16-19,24-27,30,32-33,35-36,38,41,46,49H,11,20-23H2,1-10H3/t24-,25-,26+,27-,30+,32+,33?,35-,36?,38-,41+,42?,43+,44-/m1/s1. The van der Waals surface area contributed by atoms with E-state index in [1.54, 1.807) is 27.0 Å². The van der Waals surface area contributed by atoms with E-state index < -0.39 is 88.7 Å². The molecule has 3 unspecified atom stereocenters. The number of ether oxygens (including phenoxy) is 5. The summed E-state index contributed by atoms with van der Waals surface area (Å²) in [4.78, 5) is 65.0. The van der Waals surface area contributed by atoms with Crippen molar-refractivity contribution in [3.63, 3.8) is 0 Å². The van der Waals surface area contributed by atoms with Crippen molar-refractivity contribution in [2.45, 2.75) is 129 Å². The molecule has 2 N–H and O–H groups in total. The highest BCUT2D eigenvalue weighted by Crippen LogP contribution is 2.53. The second-order valence-corrected chi connectivity index (χ2v) is 18.6. The lowest BCUT2D eigenvalue weighted by Gasteiger charge is -2.47. The van der Waals surface area contributed by atoms with Gasteiger partial charge in [0, 0.05) is 42.0 Å². The number of nitrogens with one attached hydrogen (secondary N) is 1. The van der Waals surface area contributed by atoms with Crippen molar-refractivity contribution in [3.8, 4) is 22.4 Å². The first-order valence-corrected chi connectivity index (χ1v) is 21.2. The molecule has 6 rings (SSSR count). The average molecular weight is 822 g/mol. The fourth-order valence-electron chi connectivity index (χ4n) is 9.94. The van der Waals surface area contributed by atoms with Gasteiger partial charge in [0.2, 0.25) is 0 Å². The molecule has 14 heteroatoms. The number of thiophene rings is 1. The van der Waals surface area contributed by atoms with E-state index in [2.05, 4.69) is 22.1 Å². The lowest BCUT2D eigenvalue weighted by molar-refractivity contribution is -0.296. The van der Waals surface area contributed by atoms with Crippen LogP contribution in [0.15, 0.2) is 36.5 Å². The number of likely N-dealkylation sites (N-methyl/N-ethyl adjacent to an activating group) is 1. The van der Waals surface area contributed by atoms with E-state index in [1.165, 1.54) is 18.3 Å². The molecule has 58 heavy (non-hydrogen) atoms.